The Morgan fingerprint density at radius 3 is 2.48 bits per heavy atom. The fourth-order valence-corrected chi connectivity index (χ4v) is 3.03. The molecular weight excluding hydrogens is 362 g/mol. The summed E-state index contributed by atoms with van der Waals surface area (Å²) in [6.45, 7) is 1.81. The van der Waals surface area contributed by atoms with Crippen LogP contribution in [0.1, 0.15) is 24.1 Å². The predicted octanol–water partition coefficient (Wildman–Crippen LogP) is 2.76. The lowest BCUT2D eigenvalue weighted by atomic mass is 10.1. The first kappa shape index (κ1) is 20.8. The second kappa shape index (κ2) is 9.31. The average Bonchev–Trinajstić information content (AvgIpc) is 2.59. The zero-order chi connectivity index (χ0) is 17.7. The van der Waals surface area contributed by atoms with Crippen molar-refractivity contribution in [1.29, 1.82) is 5.41 Å². The highest BCUT2D eigenvalue weighted by atomic mass is 35.5. The Balaban J connectivity index is 0.00000312. The molecule has 0 spiro atoms. The number of aliphatic carboxylic acids is 1. The molecular formula is C17H20ClN3O3S. The van der Waals surface area contributed by atoms with Crippen molar-refractivity contribution >= 4 is 41.1 Å². The smallest absolute Gasteiger partial charge is 0.330 e. The van der Waals surface area contributed by atoms with E-state index in [1.807, 2.05) is 6.92 Å². The van der Waals surface area contributed by atoms with Gasteiger partial charge in [0.15, 0.2) is 10.9 Å². The summed E-state index contributed by atoms with van der Waals surface area (Å²) in [5, 5.41) is 19.8. The van der Waals surface area contributed by atoms with Crippen LogP contribution in [0.3, 0.4) is 0 Å². The molecule has 0 fully saturated rings. The first-order chi connectivity index (χ1) is 11.4. The van der Waals surface area contributed by atoms with E-state index in [9.17, 15) is 14.5 Å². The lowest BCUT2D eigenvalue weighted by Crippen LogP contribution is -2.21. The molecule has 2 rings (SSSR count). The maximum Gasteiger partial charge on any atom is 0.330 e. The number of rotatable bonds is 7. The molecule has 134 valence electrons. The van der Waals surface area contributed by atoms with E-state index in [0.717, 1.165) is 0 Å². The Morgan fingerprint density at radius 1 is 1.32 bits per heavy atom. The van der Waals surface area contributed by atoms with Gasteiger partial charge in [-0.15, -0.1) is 12.4 Å². The molecule has 0 bridgehead atoms. The number of carboxylic acids is 1. The highest BCUT2D eigenvalue weighted by molar-refractivity contribution is 7.91. The van der Waals surface area contributed by atoms with E-state index >= 15 is 0 Å². The second-order valence-electron chi connectivity index (χ2n) is 5.11. The van der Waals surface area contributed by atoms with Crippen molar-refractivity contribution in [2.24, 2.45) is 5.73 Å². The molecule has 5 N–H and O–H groups in total. The van der Waals surface area contributed by atoms with Gasteiger partial charge in [0, 0.05) is 11.3 Å². The van der Waals surface area contributed by atoms with Crippen LogP contribution in [-0.2, 0) is 16.0 Å². The van der Waals surface area contributed by atoms with Gasteiger partial charge in [0.2, 0.25) is 0 Å². The lowest BCUT2D eigenvalue weighted by molar-refractivity contribution is -0.138. The predicted molar refractivity (Wildman–Crippen MR) is 102 cm³/mol. The number of nitrogen functional groups attached to an aromatic ring is 1. The van der Waals surface area contributed by atoms with Crippen LogP contribution in [0.15, 0.2) is 53.4 Å². The molecule has 2 unspecified atom stereocenters. The Morgan fingerprint density at radius 2 is 1.96 bits per heavy atom. The number of anilines is 1. The number of amidine groups is 1. The Kier molecular flexibility index (Phi) is 7.76. The van der Waals surface area contributed by atoms with Gasteiger partial charge in [-0.1, -0.05) is 12.1 Å². The van der Waals surface area contributed by atoms with Crippen LogP contribution in [0, 0.1) is 5.41 Å². The summed E-state index contributed by atoms with van der Waals surface area (Å²) in [6.07, 6.45) is 0. The third-order valence-electron chi connectivity index (χ3n) is 3.47. The van der Waals surface area contributed by atoms with Crippen molar-refractivity contribution in [2.45, 2.75) is 17.9 Å². The third kappa shape index (κ3) is 5.38. The van der Waals surface area contributed by atoms with Crippen LogP contribution in [-0.4, -0.2) is 27.2 Å². The van der Waals surface area contributed by atoms with Crippen molar-refractivity contribution in [2.75, 3.05) is 11.1 Å². The molecule has 6 nitrogen and oxygen atoms in total. The number of carbonyl (C=O) groups is 1. The SMILES string of the molecule is CC[S+]([O-])c1cccc(C(Nc2ccc(C(=N)N)cc2)C(=O)O)c1.Cl. The molecule has 8 heteroatoms. The maximum absolute atomic E-state index is 11.9. The molecule has 2 aromatic rings. The van der Waals surface area contributed by atoms with Gasteiger partial charge in [0.25, 0.3) is 0 Å². The van der Waals surface area contributed by atoms with Crippen LogP contribution in [0.4, 0.5) is 5.69 Å². The van der Waals surface area contributed by atoms with Crippen molar-refractivity contribution in [1.82, 2.24) is 0 Å². The molecule has 0 saturated carbocycles. The van der Waals surface area contributed by atoms with Gasteiger partial charge in [0.1, 0.15) is 11.6 Å². The summed E-state index contributed by atoms with van der Waals surface area (Å²) < 4.78 is 11.9. The normalized spacial score (nSPS) is 12.6. The number of nitrogens with one attached hydrogen (secondary N) is 2. The Hall–Kier alpha value is -2.22. The fourth-order valence-electron chi connectivity index (χ4n) is 2.20. The summed E-state index contributed by atoms with van der Waals surface area (Å²) in [6, 6.07) is 12.4. The average molecular weight is 382 g/mol. The largest absolute Gasteiger partial charge is 0.611 e. The molecule has 2 atom stereocenters. The number of halogens is 1. The van der Waals surface area contributed by atoms with Gasteiger partial charge in [0.05, 0.1) is 0 Å². The van der Waals surface area contributed by atoms with Gasteiger partial charge in [-0.3, -0.25) is 5.41 Å². The summed E-state index contributed by atoms with van der Waals surface area (Å²) in [7, 11) is 0. The van der Waals surface area contributed by atoms with Gasteiger partial charge in [-0.25, -0.2) is 4.79 Å². The van der Waals surface area contributed by atoms with Gasteiger partial charge in [-0.05, 0) is 60.1 Å². The minimum Gasteiger partial charge on any atom is -0.611 e. The van der Waals surface area contributed by atoms with Crippen LogP contribution in [0.5, 0.6) is 0 Å². The standard InChI is InChI=1S/C17H19N3O3S.ClH/c1-2-24(23)14-5-3-4-12(10-14)15(17(21)22)20-13-8-6-11(7-9-13)16(18)19;/h3-10,15,20H,2H2,1H3,(H3,18,19)(H,21,22);1H. The first-order valence-electron chi connectivity index (χ1n) is 7.34. The van der Waals surface area contributed by atoms with Crippen molar-refractivity contribution in [3.05, 3.63) is 59.7 Å². The molecule has 0 aliphatic rings. The van der Waals surface area contributed by atoms with Gasteiger partial charge >= 0.3 is 5.97 Å². The van der Waals surface area contributed by atoms with Crippen LogP contribution >= 0.6 is 12.4 Å². The zero-order valence-corrected chi connectivity index (χ0v) is 15.2. The summed E-state index contributed by atoms with van der Waals surface area (Å²) in [5.41, 5.74) is 7.08. The molecule has 0 heterocycles. The molecule has 25 heavy (non-hydrogen) atoms. The van der Waals surface area contributed by atoms with Crippen molar-refractivity contribution < 1.29 is 14.5 Å². The Labute approximate surface area is 155 Å². The van der Waals surface area contributed by atoms with Crippen molar-refractivity contribution in [3.8, 4) is 0 Å². The molecule has 0 aliphatic carbocycles. The van der Waals surface area contributed by atoms with E-state index in [2.05, 4.69) is 5.32 Å². The van der Waals surface area contributed by atoms with E-state index in [1.165, 1.54) is 0 Å². The van der Waals surface area contributed by atoms with E-state index in [1.54, 1.807) is 48.5 Å². The number of benzene rings is 2. The lowest BCUT2D eigenvalue weighted by Gasteiger charge is -2.17. The molecule has 2 aromatic carbocycles. The van der Waals surface area contributed by atoms with E-state index < -0.39 is 23.2 Å². The minimum absolute atomic E-state index is 0. The number of nitrogens with two attached hydrogens (primary N) is 1. The van der Waals surface area contributed by atoms with Gasteiger partial charge in [-0.2, -0.15) is 0 Å². The number of carboxylic acid groups (broad SMARTS) is 1. The summed E-state index contributed by atoms with van der Waals surface area (Å²) in [5.74, 6) is -0.614. The van der Waals surface area contributed by atoms with E-state index in [-0.39, 0.29) is 18.2 Å². The molecule has 0 aliphatic heterocycles. The van der Waals surface area contributed by atoms with E-state index in [0.29, 0.717) is 27.5 Å². The quantitative estimate of drug-likeness (QED) is 0.333. The first-order valence-corrected chi connectivity index (χ1v) is 8.66. The zero-order valence-electron chi connectivity index (χ0n) is 13.6. The minimum atomic E-state index is -1.14. The highest BCUT2D eigenvalue weighted by Crippen LogP contribution is 2.23. The third-order valence-corrected chi connectivity index (χ3v) is 4.77. The van der Waals surface area contributed by atoms with E-state index in [4.69, 9.17) is 11.1 Å². The topological polar surface area (TPSA) is 122 Å². The molecule has 0 amide bonds. The molecule has 0 aromatic heterocycles. The molecule has 0 radical (unpaired) electrons. The highest BCUT2D eigenvalue weighted by Gasteiger charge is 2.21. The summed E-state index contributed by atoms with van der Waals surface area (Å²) >= 11 is -1.14. The maximum atomic E-state index is 11.9. The monoisotopic (exact) mass is 381 g/mol. The number of hydrogen-bond donors (Lipinski definition) is 4. The second-order valence-corrected chi connectivity index (χ2v) is 6.85. The Bertz CT molecular complexity index is 740. The fraction of sp³-hybridized carbons (Fsp3) is 0.176. The summed E-state index contributed by atoms with van der Waals surface area (Å²) in [4.78, 5) is 12.2. The van der Waals surface area contributed by atoms with Gasteiger partial charge < -0.3 is 20.7 Å². The number of hydrogen-bond acceptors (Lipinski definition) is 4. The van der Waals surface area contributed by atoms with Crippen LogP contribution < -0.4 is 11.1 Å². The van der Waals surface area contributed by atoms with Crippen molar-refractivity contribution in [3.63, 3.8) is 0 Å². The van der Waals surface area contributed by atoms with Crippen LogP contribution in [0.2, 0.25) is 0 Å². The molecule has 0 saturated heterocycles. The van der Waals surface area contributed by atoms with Crippen LogP contribution in [0.25, 0.3) is 0 Å².